The maximum Gasteiger partial charge on any atom is 0.248 e. The first-order valence-corrected chi connectivity index (χ1v) is 5.85. The second kappa shape index (κ2) is 5.97. The number of aromatic nitrogens is 1. The van der Waals surface area contributed by atoms with Gasteiger partial charge in [-0.25, -0.2) is 0 Å². The van der Waals surface area contributed by atoms with Crippen molar-refractivity contribution in [2.45, 2.75) is 6.54 Å². The Bertz CT molecular complexity index is 567. The van der Waals surface area contributed by atoms with Crippen LogP contribution < -0.4 is 15.8 Å². The quantitative estimate of drug-likeness (QED) is 0.854. The molecule has 1 aromatic carbocycles. The zero-order chi connectivity index (χ0) is 13.7. The summed E-state index contributed by atoms with van der Waals surface area (Å²) in [5.41, 5.74) is 6.66. The van der Waals surface area contributed by atoms with E-state index in [1.165, 1.54) is 0 Å². The Kier molecular flexibility index (Phi) is 4.10. The van der Waals surface area contributed by atoms with Gasteiger partial charge in [-0.3, -0.25) is 9.78 Å². The number of nitrogens with two attached hydrogens (primary N) is 1. The molecule has 1 amide bonds. The summed E-state index contributed by atoms with van der Waals surface area (Å²) in [7, 11) is 1.87. The van der Waals surface area contributed by atoms with E-state index < -0.39 is 5.91 Å². The summed E-state index contributed by atoms with van der Waals surface area (Å²) in [6.45, 7) is 0.727. The molecule has 0 spiro atoms. The van der Waals surface area contributed by atoms with E-state index in [-0.39, 0.29) is 0 Å². The van der Waals surface area contributed by atoms with E-state index in [2.05, 4.69) is 10.3 Å². The molecule has 0 radical (unpaired) electrons. The van der Waals surface area contributed by atoms with Gasteiger partial charge >= 0.3 is 0 Å². The van der Waals surface area contributed by atoms with Gasteiger partial charge in [-0.15, -0.1) is 0 Å². The summed E-state index contributed by atoms with van der Waals surface area (Å²) in [6.07, 6.45) is 3.42. The lowest BCUT2D eigenvalue weighted by molar-refractivity contribution is 0.100. The van der Waals surface area contributed by atoms with Crippen LogP contribution in [0.3, 0.4) is 0 Å². The summed E-state index contributed by atoms with van der Waals surface area (Å²) in [4.78, 5) is 15.1. The van der Waals surface area contributed by atoms with Crippen molar-refractivity contribution < 1.29 is 9.53 Å². The van der Waals surface area contributed by atoms with E-state index in [0.717, 1.165) is 12.1 Å². The minimum atomic E-state index is -0.454. The molecule has 1 heterocycles. The molecule has 0 aliphatic carbocycles. The van der Waals surface area contributed by atoms with Gasteiger partial charge in [0.2, 0.25) is 5.91 Å². The zero-order valence-electron chi connectivity index (χ0n) is 10.6. The van der Waals surface area contributed by atoms with Crippen molar-refractivity contribution in [2.24, 2.45) is 5.73 Å². The fourth-order valence-corrected chi connectivity index (χ4v) is 1.64. The van der Waals surface area contributed by atoms with Crippen molar-refractivity contribution in [3.63, 3.8) is 0 Å². The van der Waals surface area contributed by atoms with E-state index in [1.807, 2.05) is 13.1 Å². The molecule has 2 rings (SSSR count). The third-order valence-electron chi connectivity index (χ3n) is 2.53. The first-order chi connectivity index (χ1) is 9.19. The Morgan fingerprint density at radius 1 is 1.26 bits per heavy atom. The van der Waals surface area contributed by atoms with Crippen LogP contribution in [0.2, 0.25) is 0 Å². The predicted octanol–water partition coefficient (Wildman–Crippen LogP) is 1.69. The molecule has 0 aliphatic rings. The minimum absolute atomic E-state index is 0.453. The molecule has 0 fully saturated rings. The monoisotopic (exact) mass is 257 g/mol. The molecule has 5 nitrogen and oxygen atoms in total. The summed E-state index contributed by atoms with van der Waals surface area (Å²) in [6, 6.07) is 8.56. The molecule has 0 saturated carbocycles. The number of hydrogen-bond donors (Lipinski definition) is 2. The van der Waals surface area contributed by atoms with Crippen molar-refractivity contribution in [3.8, 4) is 11.5 Å². The summed E-state index contributed by atoms with van der Waals surface area (Å²) < 4.78 is 5.66. The average molecular weight is 257 g/mol. The van der Waals surface area contributed by atoms with Crippen molar-refractivity contribution in [2.75, 3.05) is 7.05 Å². The zero-order valence-corrected chi connectivity index (χ0v) is 10.6. The fraction of sp³-hybridized carbons (Fsp3) is 0.143. The van der Waals surface area contributed by atoms with E-state index in [9.17, 15) is 4.79 Å². The molecule has 0 saturated heterocycles. The molecule has 0 aliphatic heterocycles. The number of hydrogen-bond acceptors (Lipinski definition) is 4. The maximum absolute atomic E-state index is 11.0. The van der Waals surface area contributed by atoms with Gasteiger partial charge in [0, 0.05) is 18.3 Å². The molecule has 1 aromatic heterocycles. The lowest BCUT2D eigenvalue weighted by atomic mass is 10.2. The van der Waals surface area contributed by atoms with Crippen LogP contribution in [0, 0.1) is 0 Å². The van der Waals surface area contributed by atoms with E-state index in [4.69, 9.17) is 10.5 Å². The molecule has 0 unspecified atom stereocenters. The molecule has 19 heavy (non-hydrogen) atoms. The number of rotatable bonds is 5. The topological polar surface area (TPSA) is 77.2 Å². The number of carbonyl (C=O) groups excluding carboxylic acids is 1. The molecule has 0 atom stereocenters. The van der Waals surface area contributed by atoms with Crippen LogP contribution in [-0.4, -0.2) is 17.9 Å². The number of benzene rings is 1. The van der Waals surface area contributed by atoms with Crippen molar-refractivity contribution >= 4 is 5.91 Å². The molecule has 5 heteroatoms. The van der Waals surface area contributed by atoms with Crippen LogP contribution in [0.25, 0.3) is 0 Å². The average Bonchev–Trinajstić information content (AvgIpc) is 2.40. The number of amides is 1. The third-order valence-corrected chi connectivity index (χ3v) is 2.53. The largest absolute Gasteiger partial charge is 0.456 e. The summed E-state index contributed by atoms with van der Waals surface area (Å²) in [5.74, 6) is 0.831. The molecular formula is C14H15N3O2. The SMILES string of the molecule is CNCc1cncc(Oc2ccc(C(N)=O)cc2)c1. The first-order valence-electron chi connectivity index (χ1n) is 5.85. The van der Waals surface area contributed by atoms with Crippen molar-refractivity contribution in [1.29, 1.82) is 0 Å². The normalized spacial score (nSPS) is 10.2. The Morgan fingerprint density at radius 2 is 2.00 bits per heavy atom. The second-order valence-electron chi connectivity index (χ2n) is 4.05. The van der Waals surface area contributed by atoms with Gasteiger partial charge in [-0.2, -0.15) is 0 Å². The highest BCUT2D eigenvalue weighted by molar-refractivity contribution is 5.92. The Hall–Kier alpha value is -2.40. The minimum Gasteiger partial charge on any atom is -0.456 e. The third kappa shape index (κ3) is 3.53. The highest BCUT2D eigenvalue weighted by Crippen LogP contribution is 2.21. The number of carbonyl (C=O) groups is 1. The molecule has 0 bridgehead atoms. The van der Waals surface area contributed by atoms with Crippen LogP contribution in [0.15, 0.2) is 42.7 Å². The van der Waals surface area contributed by atoms with E-state index in [1.54, 1.807) is 36.7 Å². The van der Waals surface area contributed by atoms with Gasteiger partial charge in [0.05, 0.1) is 6.20 Å². The predicted molar refractivity (Wildman–Crippen MR) is 72.0 cm³/mol. The second-order valence-corrected chi connectivity index (χ2v) is 4.05. The molecular weight excluding hydrogens is 242 g/mol. The number of primary amides is 1. The van der Waals surface area contributed by atoms with Gasteiger partial charge in [-0.05, 0) is 42.9 Å². The van der Waals surface area contributed by atoms with Crippen LogP contribution >= 0.6 is 0 Å². The van der Waals surface area contributed by atoms with Gasteiger partial charge < -0.3 is 15.8 Å². The van der Waals surface area contributed by atoms with Crippen LogP contribution in [0.4, 0.5) is 0 Å². The lowest BCUT2D eigenvalue weighted by Crippen LogP contribution is -2.10. The van der Waals surface area contributed by atoms with Crippen LogP contribution in [-0.2, 0) is 6.54 Å². The lowest BCUT2D eigenvalue weighted by Gasteiger charge is -2.07. The number of pyridine rings is 1. The Labute approximate surface area is 111 Å². The van der Waals surface area contributed by atoms with Crippen molar-refractivity contribution in [3.05, 3.63) is 53.9 Å². The smallest absolute Gasteiger partial charge is 0.248 e. The molecule has 3 N–H and O–H groups in total. The molecule has 2 aromatic rings. The van der Waals surface area contributed by atoms with Crippen molar-refractivity contribution in [1.82, 2.24) is 10.3 Å². The molecule has 98 valence electrons. The number of nitrogens with one attached hydrogen (secondary N) is 1. The van der Waals surface area contributed by atoms with Crippen LogP contribution in [0.1, 0.15) is 15.9 Å². The fourth-order valence-electron chi connectivity index (χ4n) is 1.64. The Balaban J connectivity index is 2.12. The highest BCUT2D eigenvalue weighted by atomic mass is 16.5. The highest BCUT2D eigenvalue weighted by Gasteiger charge is 2.02. The van der Waals surface area contributed by atoms with Gasteiger partial charge in [-0.1, -0.05) is 0 Å². The number of nitrogens with zero attached hydrogens (tertiary/aromatic N) is 1. The number of ether oxygens (including phenoxy) is 1. The summed E-state index contributed by atoms with van der Waals surface area (Å²) in [5, 5.41) is 3.05. The van der Waals surface area contributed by atoms with Gasteiger partial charge in [0.1, 0.15) is 11.5 Å². The van der Waals surface area contributed by atoms with E-state index >= 15 is 0 Å². The summed E-state index contributed by atoms with van der Waals surface area (Å²) >= 11 is 0. The first kappa shape index (κ1) is 13.0. The maximum atomic E-state index is 11.0. The van der Waals surface area contributed by atoms with E-state index in [0.29, 0.717) is 17.1 Å². The Morgan fingerprint density at radius 3 is 2.63 bits per heavy atom. The standard InChI is InChI=1S/C14H15N3O2/c1-16-7-10-6-13(9-17-8-10)19-12-4-2-11(3-5-12)14(15)18/h2-6,8-9,16H,7H2,1H3,(H2,15,18). The van der Waals surface area contributed by atoms with Gasteiger partial charge in [0.15, 0.2) is 0 Å². The van der Waals surface area contributed by atoms with Crippen LogP contribution in [0.5, 0.6) is 11.5 Å². The van der Waals surface area contributed by atoms with Gasteiger partial charge in [0.25, 0.3) is 0 Å².